The van der Waals surface area contributed by atoms with E-state index in [2.05, 4.69) is 10.3 Å². The second-order valence-corrected chi connectivity index (χ2v) is 8.27. The fourth-order valence-corrected chi connectivity index (χ4v) is 3.96. The number of rotatable bonds is 4. The maximum atomic E-state index is 12.5. The molecule has 0 saturated heterocycles. The third kappa shape index (κ3) is 3.71. The molecule has 0 fully saturated rings. The summed E-state index contributed by atoms with van der Waals surface area (Å²) in [6, 6.07) is 13.2. The van der Waals surface area contributed by atoms with Crippen LogP contribution in [0.25, 0.3) is 16.2 Å². The van der Waals surface area contributed by atoms with Crippen molar-refractivity contribution >= 4 is 33.8 Å². The van der Waals surface area contributed by atoms with Crippen molar-refractivity contribution in [2.75, 3.05) is 19.4 Å². The van der Waals surface area contributed by atoms with Gasteiger partial charge in [-0.1, -0.05) is 18.2 Å². The van der Waals surface area contributed by atoms with Gasteiger partial charge in [-0.05, 0) is 49.2 Å². The van der Waals surface area contributed by atoms with E-state index in [0.717, 1.165) is 27.3 Å². The summed E-state index contributed by atoms with van der Waals surface area (Å²) in [5.74, 6) is -0.199. The van der Waals surface area contributed by atoms with Crippen molar-refractivity contribution in [2.24, 2.45) is 0 Å². The topological polar surface area (TPSA) is 66.7 Å². The van der Waals surface area contributed by atoms with Crippen LogP contribution in [0.15, 0.2) is 54.0 Å². The summed E-state index contributed by atoms with van der Waals surface area (Å²) in [4.78, 5) is 31.8. The molecule has 6 nitrogen and oxygen atoms in total. The monoisotopic (exact) mass is 418 g/mol. The van der Waals surface area contributed by atoms with Gasteiger partial charge in [-0.3, -0.25) is 14.0 Å². The van der Waals surface area contributed by atoms with Crippen LogP contribution in [0, 0.1) is 13.8 Å². The van der Waals surface area contributed by atoms with Gasteiger partial charge in [0.15, 0.2) is 4.96 Å². The van der Waals surface area contributed by atoms with E-state index < -0.39 is 0 Å². The quantitative estimate of drug-likeness (QED) is 0.525. The minimum Gasteiger partial charge on any atom is -0.343 e. The number of anilines is 1. The Balaban J connectivity index is 1.54. The van der Waals surface area contributed by atoms with E-state index in [1.165, 1.54) is 11.3 Å². The maximum Gasteiger partial charge on any atom is 0.271 e. The molecule has 30 heavy (non-hydrogen) atoms. The first-order valence-electron chi connectivity index (χ1n) is 9.51. The first-order valence-corrected chi connectivity index (χ1v) is 10.4. The Labute approximate surface area is 178 Å². The lowest BCUT2D eigenvalue weighted by Gasteiger charge is -2.08. The van der Waals surface area contributed by atoms with Crippen molar-refractivity contribution in [1.29, 1.82) is 0 Å². The van der Waals surface area contributed by atoms with Gasteiger partial charge in [-0.25, -0.2) is 4.98 Å². The highest BCUT2D eigenvalue weighted by Gasteiger charge is 2.16. The van der Waals surface area contributed by atoms with E-state index in [1.54, 1.807) is 19.0 Å². The molecule has 152 valence electrons. The molecule has 0 unspecified atom stereocenters. The van der Waals surface area contributed by atoms with Gasteiger partial charge in [0.05, 0.1) is 5.69 Å². The number of hydrogen-bond donors (Lipinski definition) is 1. The first kappa shape index (κ1) is 19.8. The molecular formula is C23H22N4O2S. The molecule has 2 heterocycles. The summed E-state index contributed by atoms with van der Waals surface area (Å²) < 4.78 is 1.82. The molecule has 0 aliphatic heterocycles. The molecule has 7 heteroatoms. The van der Waals surface area contributed by atoms with Gasteiger partial charge in [0, 0.05) is 42.5 Å². The predicted octanol–water partition coefficient (Wildman–Crippen LogP) is 4.63. The molecule has 0 atom stereocenters. The second-order valence-electron chi connectivity index (χ2n) is 7.43. The fraction of sp³-hybridized carbons (Fsp3) is 0.174. The molecule has 0 radical (unpaired) electrons. The molecule has 2 aromatic heterocycles. The smallest absolute Gasteiger partial charge is 0.271 e. The summed E-state index contributed by atoms with van der Waals surface area (Å²) in [6.07, 6.45) is 1.87. The molecule has 4 aromatic rings. The van der Waals surface area contributed by atoms with Gasteiger partial charge < -0.3 is 10.2 Å². The maximum absolute atomic E-state index is 12.5. The Hall–Kier alpha value is -3.45. The number of imidazole rings is 1. The fourth-order valence-electron chi connectivity index (χ4n) is 3.12. The zero-order valence-corrected chi connectivity index (χ0v) is 18.1. The average molecular weight is 419 g/mol. The van der Waals surface area contributed by atoms with Gasteiger partial charge in [0.25, 0.3) is 11.8 Å². The summed E-state index contributed by atoms with van der Waals surface area (Å²) in [5, 5.41) is 4.75. The predicted molar refractivity (Wildman–Crippen MR) is 120 cm³/mol. The number of nitrogens with one attached hydrogen (secondary N) is 1. The van der Waals surface area contributed by atoms with Crippen molar-refractivity contribution in [3.63, 3.8) is 0 Å². The number of amides is 2. The molecule has 0 aliphatic rings. The summed E-state index contributed by atoms with van der Waals surface area (Å²) >= 11 is 1.43. The minimum atomic E-state index is -0.139. The lowest BCUT2D eigenvalue weighted by Crippen LogP contribution is -2.22. The number of carbonyl (C=O) groups is 2. The standard InChI is InChI=1S/C23H22N4O2S/c1-14-5-6-17(11-15(14)2)21(28)24-18-9-7-16(8-10-18)19-12-27-20(22(29)26(3)4)13-30-23(27)25-19/h5-13H,1-4H3,(H,24,28). The number of nitrogens with zero attached hydrogens (tertiary/aromatic N) is 3. The highest BCUT2D eigenvalue weighted by molar-refractivity contribution is 7.15. The van der Waals surface area contributed by atoms with Gasteiger partial charge in [0.2, 0.25) is 0 Å². The van der Waals surface area contributed by atoms with Crippen LogP contribution in [-0.4, -0.2) is 40.2 Å². The lowest BCUT2D eigenvalue weighted by molar-refractivity contribution is 0.0821. The Kier molecular flexibility index (Phi) is 5.13. The molecule has 0 spiro atoms. The van der Waals surface area contributed by atoms with Gasteiger partial charge in [-0.15, -0.1) is 11.3 Å². The molecular weight excluding hydrogens is 396 g/mol. The SMILES string of the molecule is Cc1ccc(C(=O)Nc2ccc(-c3cn4c(C(=O)N(C)C)csc4n3)cc2)cc1C. The average Bonchev–Trinajstić information content (AvgIpc) is 3.31. The van der Waals surface area contributed by atoms with Crippen molar-refractivity contribution in [2.45, 2.75) is 13.8 Å². The van der Waals surface area contributed by atoms with E-state index in [4.69, 9.17) is 0 Å². The third-order valence-corrected chi connectivity index (χ3v) is 5.88. The number of aromatic nitrogens is 2. The molecule has 2 aromatic carbocycles. The number of carbonyl (C=O) groups excluding carboxylic acids is 2. The summed E-state index contributed by atoms with van der Waals surface area (Å²) in [5.41, 5.74) is 5.88. The third-order valence-electron chi connectivity index (χ3n) is 5.04. The van der Waals surface area contributed by atoms with Crippen LogP contribution >= 0.6 is 11.3 Å². The molecule has 1 N–H and O–H groups in total. The number of fused-ring (bicyclic) bond motifs is 1. The normalized spacial score (nSPS) is 10.9. The van der Waals surface area contributed by atoms with Crippen LogP contribution in [0.4, 0.5) is 5.69 Å². The zero-order valence-electron chi connectivity index (χ0n) is 17.3. The van der Waals surface area contributed by atoms with E-state index >= 15 is 0 Å². The largest absolute Gasteiger partial charge is 0.343 e. The van der Waals surface area contributed by atoms with Gasteiger partial charge in [0.1, 0.15) is 5.69 Å². The Morgan fingerprint density at radius 1 is 1.03 bits per heavy atom. The van der Waals surface area contributed by atoms with Crippen LogP contribution < -0.4 is 5.32 Å². The molecule has 0 aliphatic carbocycles. The Bertz CT molecular complexity index is 1250. The van der Waals surface area contributed by atoms with Crippen molar-refractivity contribution in [3.05, 3.63) is 76.4 Å². The molecule has 2 amide bonds. The minimum absolute atomic E-state index is 0.0606. The van der Waals surface area contributed by atoms with Crippen LogP contribution in [0.5, 0.6) is 0 Å². The van der Waals surface area contributed by atoms with Crippen LogP contribution in [0.3, 0.4) is 0 Å². The number of aryl methyl sites for hydroxylation is 2. The van der Waals surface area contributed by atoms with Crippen molar-refractivity contribution < 1.29 is 9.59 Å². The van der Waals surface area contributed by atoms with Crippen LogP contribution in [0.2, 0.25) is 0 Å². The Morgan fingerprint density at radius 2 is 1.77 bits per heavy atom. The van der Waals surface area contributed by atoms with E-state index in [1.807, 2.05) is 72.3 Å². The second kappa shape index (κ2) is 7.76. The van der Waals surface area contributed by atoms with Gasteiger partial charge >= 0.3 is 0 Å². The van der Waals surface area contributed by atoms with E-state index in [-0.39, 0.29) is 11.8 Å². The first-order chi connectivity index (χ1) is 14.3. The summed E-state index contributed by atoms with van der Waals surface area (Å²) in [6.45, 7) is 4.02. The summed E-state index contributed by atoms with van der Waals surface area (Å²) in [7, 11) is 3.46. The molecule has 0 saturated carbocycles. The lowest BCUT2D eigenvalue weighted by atomic mass is 10.1. The van der Waals surface area contributed by atoms with Crippen molar-refractivity contribution in [1.82, 2.24) is 14.3 Å². The molecule has 0 bridgehead atoms. The van der Waals surface area contributed by atoms with E-state index in [9.17, 15) is 9.59 Å². The zero-order chi connectivity index (χ0) is 21.4. The number of benzene rings is 2. The number of hydrogen-bond acceptors (Lipinski definition) is 4. The van der Waals surface area contributed by atoms with E-state index in [0.29, 0.717) is 16.9 Å². The van der Waals surface area contributed by atoms with Crippen LogP contribution in [0.1, 0.15) is 32.0 Å². The highest BCUT2D eigenvalue weighted by Crippen LogP contribution is 2.25. The van der Waals surface area contributed by atoms with Gasteiger partial charge in [-0.2, -0.15) is 0 Å². The highest BCUT2D eigenvalue weighted by atomic mass is 32.1. The Morgan fingerprint density at radius 3 is 2.43 bits per heavy atom. The van der Waals surface area contributed by atoms with Crippen LogP contribution in [-0.2, 0) is 0 Å². The van der Waals surface area contributed by atoms with Crippen molar-refractivity contribution in [3.8, 4) is 11.3 Å². The molecule has 4 rings (SSSR count). The number of thiazole rings is 1.